The average Bonchev–Trinajstić information content (AvgIpc) is 2.57. The van der Waals surface area contributed by atoms with Crippen molar-refractivity contribution in [3.8, 4) is 0 Å². The van der Waals surface area contributed by atoms with Gasteiger partial charge in [0.2, 0.25) is 0 Å². The first-order valence-corrected chi connectivity index (χ1v) is 9.78. The lowest BCUT2D eigenvalue weighted by Gasteiger charge is -2.30. The number of nitrogens with one attached hydrogen (secondary N) is 1. The van der Waals surface area contributed by atoms with Crippen LogP contribution in [0.15, 0.2) is 12.1 Å². The summed E-state index contributed by atoms with van der Waals surface area (Å²) in [5, 5.41) is 12.6. The molecule has 1 aliphatic heterocycles. The van der Waals surface area contributed by atoms with Gasteiger partial charge in [-0.25, -0.2) is 9.59 Å². The summed E-state index contributed by atoms with van der Waals surface area (Å²) in [5.74, 6) is -1.17. The molecule has 1 aromatic carbocycles. The van der Waals surface area contributed by atoms with Crippen molar-refractivity contribution in [3.63, 3.8) is 0 Å². The number of anilines is 1. The fraction of sp³-hybridized carbons (Fsp3) is 0.579. The first-order valence-electron chi connectivity index (χ1n) is 9.02. The molecule has 0 bridgehead atoms. The van der Waals surface area contributed by atoms with E-state index in [9.17, 15) is 14.7 Å². The molecule has 0 aromatic heterocycles. The van der Waals surface area contributed by atoms with Gasteiger partial charge >= 0.3 is 12.1 Å². The van der Waals surface area contributed by atoms with E-state index in [0.717, 1.165) is 31.6 Å². The van der Waals surface area contributed by atoms with Crippen molar-refractivity contribution in [2.45, 2.75) is 58.1 Å². The third kappa shape index (κ3) is 6.18. The fourth-order valence-corrected chi connectivity index (χ4v) is 3.53. The minimum atomic E-state index is -1.17. The molecule has 0 radical (unpaired) electrons. The summed E-state index contributed by atoms with van der Waals surface area (Å²) in [7, 11) is 0. The maximum absolute atomic E-state index is 11.9. The Kier molecular flexibility index (Phi) is 7.23. The van der Waals surface area contributed by atoms with Crippen molar-refractivity contribution >= 4 is 41.0 Å². The predicted octanol–water partition coefficient (Wildman–Crippen LogP) is 4.50. The number of carbonyl (C=O) groups excluding carboxylic acids is 1. The molecule has 1 heterocycles. The molecule has 1 fully saturated rings. The van der Waals surface area contributed by atoms with Crippen LogP contribution in [0, 0.1) is 0 Å². The second-order valence-electron chi connectivity index (χ2n) is 7.66. The number of aliphatic carboxylic acids is 1. The SMILES string of the molecule is CC(C)(C)OC(=O)NC(Cc1ccc(N2CCCCC2)c(Cl)c1Cl)C(=O)O. The van der Waals surface area contributed by atoms with E-state index in [2.05, 4.69) is 10.2 Å². The second-order valence-corrected chi connectivity index (χ2v) is 8.42. The zero-order chi connectivity index (χ0) is 20.2. The number of ether oxygens (including phenoxy) is 1. The van der Waals surface area contributed by atoms with E-state index in [0.29, 0.717) is 15.6 Å². The molecular formula is C19H26Cl2N2O4. The Labute approximate surface area is 169 Å². The molecule has 0 spiro atoms. The highest BCUT2D eigenvalue weighted by atomic mass is 35.5. The van der Waals surface area contributed by atoms with Gasteiger partial charge in [-0.1, -0.05) is 29.3 Å². The molecule has 0 aliphatic carbocycles. The van der Waals surface area contributed by atoms with Crippen LogP contribution in [0.1, 0.15) is 45.6 Å². The number of nitrogens with zero attached hydrogens (tertiary/aromatic N) is 1. The van der Waals surface area contributed by atoms with Gasteiger partial charge in [-0.3, -0.25) is 0 Å². The number of carboxylic acid groups (broad SMARTS) is 1. The van der Waals surface area contributed by atoms with Gasteiger partial charge in [0.1, 0.15) is 11.6 Å². The van der Waals surface area contributed by atoms with Crippen molar-refractivity contribution in [1.29, 1.82) is 0 Å². The van der Waals surface area contributed by atoms with Crippen LogP contribution in [-0.4, -0.2) is 41.9 Å². The summed E-state index contributed by atoms with van der Waals surface area (Å²) >= 11 is 12.9. The molecule has 8 heteroatoms. The molecule has 6 nitrogen and oxygen atoms in total. The lowest BCUT2D eigenvalue weighted by atomic mass is 10.0. The quantitative estimate of drug-likeness (QED) is 0.738. The van der Waals surface area contributed by atoms with Gasteiger partial charge < -0.3 is 20.1 Å². The summed E-state index contributed by atoms with van der Waals surface area (Å²) in [4.78, 5) is 25.7. The number of amides is 1. The molecule has 0 saturated carbocycles. The van der Waals surface area contributed by atoms with E-state index in [1.807, 2.05) is 6.07 Å². The van der Waals surface area contributed by atoms with Crippen LogP contribution in [0.25, 0.3) is 0 Å². The largest absolute Gasteiger partial charge is 0.480 e. The van der Waals surface area contributed by atoms with Gasteiger partial charge in [-0.2, -0.15) is 0 Å². The number of benzene rings is 1. The second kappa shape index (κ2) is 9.02. The predicted molar refractivity (Wildman–Crippen MR) is 107 cm³/mol. The third-order valence-corrected chi connectivity index (χ3v) is 5.16. The first-order chi connectivity index (χ1) is 12.6. The van der Waals surface area contributed by atoms with Crippen LogP contribution in [-0.2, 0) is 16.0 Å². The van der Waals surface area contributed by atoms with Gasteiger partial charge in [-0.15, -0.1) is 0 Å². The van der Waals surface area contributed by atoms with E-state index in [-0.39, 0.29) is 6.42 Å². The van der Waals surface area contributed by atoms with Crippen LogP contribution in [0.2, 0.25) is 10.0 Å². The van der Waals surface area contributed by atoms with Crippen LogP contribution in [0.3, 0.4) is 0 Å². The standard InChI is InChI=1S/C19H26Cl2N2O4/c1-19(2,3)27-18(26)22-13(17(24)25)11-12-7-8-14(16(21)15(12)20)23-9-5-4-6-10-23/h7-8,13H,4-6,9-11H2,1-3H3,(H,22,26)(H,24,25). The molecule has 2 N–H and O–H groups in total. The molecule has 1 atom stereocenters. The zero-order valence-corrected chi connectivity index (χ0v) is 17.4. The van der Waals surface area contributed by atoms with Crippen LogP contribution < -0.4 is 10.2 Å². The van der Waals surface area contributed by atoms with Crippen molar-refractivity contribution in [2.75, 3.05) is 18.0 Å². The summed E-state index contributed by atoms with van der Waals surface area (Å²) in [6.45, 7) is 6.97. The number of hydrogen-bond acceptors (Lipinski definition) is 4. The molecule has 150 valence electrons. The van der Waals surface area contributed by atoms with Gasteiger partial charge in [0.05, 0.1) is 15.7 Å². The summed E-state index contributed by atoms with van der Waals surface area (Å²) in [5.41, 5.74) is 0.701. The smallest absolute Gasteiger partial charge is 0.408 e. The maximum Gasteiger partial charge on any atom is 0.408 e. The van der Waals surface area contributed by atoms with E-state index in [1.165, 1.54) is 6.42 Å². The molecule has 1 aromatic rings. The van der Waals surface area contributed by atoms with Crippen molar-refractivity contribution < 1.29 is 19.4 Å². The zero-order valence-electron chi connectivity index (χ0n) is 15.8. The van der Waals surface area contributed by atoms with Crippen LogP contribution >= 0.6 is 23.2 Å². The first kappa shape index (κ1) is 21.6. The lowest BCUT2D eigenvalue weighted by Crippen LogP contribution is -2.44. The number of halogens is 2. The fourth-order valence-electron chi connectivity index (χ4n) is 2.99. The Balaban J connectivity index is 2.14. The summed E-state index contributed by atoms with van der Waals surface area (Å²) < 4.78 is 5.13. The molecule has 1 amide bonds. The number of piperidine rings is 1. The Morgan fingerprint density at radius 2 is 1.81 bits per heavy atom. The molecule has 2 rings (SSSR count). The number of rotatable bonds is 5. The lowest BCUT2D eigenvalue weighted by molar-refractivity contribution is -0.139. The average molecular weight is 417 g/mol. The molecule has 1 aliphatic rings. The highest BCUT2D eigenvalue weighted by Gasteiger charge is 2.26. The maximum atomic E-state index is 11.9. The highest BCUT2D eigenvalue weighted by Crippen LogP contribution is 2.37. The minimum absolute atomic E-state index is 0.00735. The van der Waals surface area contributed by atoms with Crippen LogP contribution in [0.4, 0.5) is 10.5 Å². The summed E-state index contributed by atoms with van der Waals surface area (Å²) in [6, 6.07) is 2.46. The van der Waals surface area contributed by atoms with Gasteiger partial charge in [0, 0.05) is 19.5 Å². The normalized spacial score (nSPS) is 16.0. The summed E-state index contributed by atoms with van der Waals surface area (Å²) in [6.07, 6.45) is 2.64. The molecular weight excluding hydrogens is 391 g/mol. The highest BCUT2D eigenvalue weighted by molar-refractivity contribution is 6.44. The minimum Gasteiger partial charge on any atom is -0.480 e. The van der Waals surface area contributed by atoms with Gasteiger partial charge in [0.15, 0.2) is 0 Å². The number of carboxylic acids is 1. The molecule has 1 saturated heterocycles. The van der Waals surface area contributed by atoms with E-state index in [4.69, 9.17) is 27.9 Å². The number of alkyl carbamates (subject to hydrolysis) is 1. The van der Waals surface area contributed by atoms with Crippen LogP contribution in [0.5, 0.6) is 0 Å². The molecule has 1 unspecified atom stereocenters. The Morgan fingerprint density at radius 1 is 1.19 bits per heavy atom. The van der Waals surface area contributed by atoms with Gasteiger partial charge in [-0.05, 0) is 51.7 Å². The van der Waals surface area contributed by atoms with Crippen molar-refractivity contribution in [3.05, 3.63) is 27.7 Å². The number of hydrogen-bond donors (Lipinski definition) is 2. The van der Waals surface area contributed by atoms with Gasteiger partial charge in [0.25, 0.3) is 0 Å². The van der Waals surface area contributed by atoms with Crippen molar-refractivity contribution in [2.24, 2.45) is 0 Å². The topological polar surface area (TPSA) is 78.9 Å². The Morgan fingerprint density at radius 3 is 2.37 bits per heavy atom. The molecule has 27 heavy (non-hydrogen) atoms. The Hall–Kier alpha value is -1.66. The van der Waals surface area contributed by atoms with E-state index < -0.39 is 23.7 Å². The van der Waals surface area contributed by atoms with Crippen molar-refractivity contribution in [1.82, 2.24) is 5.32 Å². The monoisotopic (exact) mass is 416 g/mol. The van der Waals surface area contributed by atoms with E-state index in [1.54, 1.807) is 26.8 Å². The Bertz CT molecular complexity index is 698. The van der Waals surface area contributed by atoms with E-state index >= 15 is 0 Å². The third-order valence-electron chi connectivity index (χ3n) is 4.25. The number of carbonyl (C=O) groups is 2.